The van der Waals surface area contributed by atoms with E-state index in [1.807, 2.05) is 12.3 Å². The van der Waals surface area contributed by atoms with Gasteiger partial charge in [0.2, 0.25) is 0 Å². The van der Waals surface area contributed by atoms with Crippen LogP contribution in [0.25, 0.3) is 0 Å². The number of alkyl halides is 3. The summed E-state index contributed by atoms with van der Waals surface area (Å²) < 4.78 is 50.9. The summed E-state index contributed by atoms with van der Waals surface area (Å²) in [6.07, 6.45) is -3.84. The third-order valence-corrected chi connectivity index (χ3v) is 3.82. The van der Waals surface area contributed by atoms with Crippen LogP contribution in [0.1, 0.15) is 21.8 Å². The van der Waals surface area contributed by atoms with Crippen LogP contribution in [0.3, 0.4) is 0 Å². The third-order valence-electron chi connectivity index (χ3n) is 2.80. The second kappa shape index (κ2) is 6.53. The predicted octanol–water partition coefficient (Wildman–Crippen LogP) is 3.94. The van der Waals surface area contributed by atoms with Crippen molar-refractivity contribution in [3.05, 3.63) is 51.2 Å². The van der Waals surface area contributed by atoms with Crippen LogP contribution >= 0.6 is 11.3 Å². The van der Waals surface area contributed by atoms with Crippen LogP contribution in [0.15, 0.2) is 23.6 Å². The van der Waals surface area contributed by atoms with Gasteiger partial charge in [-0.2, -0.15) is 13.2 Å². The van der Waals surface area contributed by atoms with Crippen molar-refractivity contribution in [2.45, 2.75) is 26.1 Å². The number of benzene rings is 1. The molecule has 2 nitrogen and oxygen atoms in total. The second-order valence-corrected chi connectivity index (χ2v) is 5.60. The summed E-state index contributed by atoms with van der Waals surface area (Å²) in [4.78, 5) is 4.29. The fraction of sp³-hybridized carbons (Fsp3) is 0.357. The molecule has 0 amide bonds. The fourth-order valence-electron chi connectivity index (χ4n) is 1.86. The second-order valence-electron chi connectivity index (χ2n) is 4.66. The van der Waals surface area contributed by atoms with Crippen LogP contribution in [-0.2, 0) is 19.1 Å². The summed E-state index contributed by atoms with van der Waals surface area (Å²) in [6.45, 7) is 2.66. The molecule has 7 heteroatoms. The van der Waals surface area contributed by atoms with Gasteiger partial charge >= 0.3 is 6.18 Å². The minimum absolute atomic E-state index is 0.186. The van der Waals surface area contributed by atoms with Crippen molar-refractivity contribution in [1.29, 1.82) is 0 Å². The number of aromatic nitrogens is 1. The van der Waals surface area contributed by atoms with Crippen molar-refractivity contribution in [3.8, 4) is 0 Å². The predicted molar refractivity (Wildman–Crippen MR) is 73.7 cm³/mol. The molecule has 1 N–H and O–H groups in total. The SMILES string of the molecule is Cc1csc(CCNCc2cc(F)cc(C(F)(F)F)c2)n1. The van der Waals surface area contributed by atoms with Crippen LogP contribution in [0, 0.1) is 12.7 Å². The topological polar surface area (TPSA) is 24.9 Å². The van der Waals surface area contributed by atoms with E-state index >= 15 is 0 Å². The molecule has 0 atom stereocenters. The summed E-state index contributed by atoms with van der Waals surface area (Å²) in [7, 11) is 0. The summed E-state index contributed by atoms with van der Waals surface area (Å²) in [6, 6.07) is 2.57. The molecule has 2 aromatic rings. The van der Waals surface area contributed by atoms with Gasteiger partial charge in [0.1, 0.15) is 5.82 Å². The van der Waals surface area contributed by atoms with E-state index in [1.165, 1.54) is 0 Å². The van der Waals surface area contributed by atoms with Crippen LogP contribution in [-0.4, -0.2) is 11.5 Å². The zero-order chi connectivity index (χ0) is 15.5. The highest BCUT2D eigenvalue weighted by Crippen LogP contribution is 2.30. The lowest BCUT2D eigenvalue weighted by molar-refractivity contribution is -0.137. The van der Waals surface area contributed by atoms with Crippen molar-refractivity contribution >= 4 is 11.3 Å². The molecule has 0 saturated carbocycles. The van der Waals surface area contributed by atoms with Gasteiger partial charge in [0, 0.05) is 30.6 Å². The molecule has 114 valence electrons. The quantitative estimate of drug-likeness (QED) is 0.667. The molecule has 0 aliphatic heterocycles. The Labute approximate surface area is 123 Å². The largest absolute Gasteiger partial charge is 0.416 e. The number of rotatable bonds is 5. The van der Waals surface area contributed by atoms with Gasteiger partial charge in [0.05, 0.1) is 10.6 Å². The Bertz CT molecular complexity index is 607. The molecule has 2 rings (SSSR count). The Morgan fingerprint density at radius 2 is 2.00 bits per heavy atom. The standard InChI is InChI=1S/C14H14F4N2S/c1-9-8-21-13(20-9)2-3-19-7-10-4-11(14(16,17)18)6-12(15)5-10/h4-6,8,19H,2-3,7H2,1H3. The van der Waals surface area contributed by atoms with Crippen molar-refractivity contribution in [1.82, 2.24) is 10.3 Å². The number of aryl methyl sites for hydroxylation is 1. The number of nitrogens with zero attached hydrogens (tertiary/aromatic N) is 1. The minimum atomic E-state index is -4.53. The first kappa shape index (κ1) is 15.9. The zero-order valence-corrected chi connectivity index (χ0v) is 12.1. The van der Waals surface area contributed by atoms with Gasteiger partial charge in [-0.25, -0.2) is 9.37 Å². The summed E-state index contributed by atoms with van der Waals surface area (Å²) in [5.74, 6) is -0.878. The summed E-state index contributed by atoms with van der Waals surface area (Å²) in [5.41, 5.74) is 0.266. The van der Waals surface area contributed by atoms with E-state index in [0.29, 0.717) is 19.0 Å². The number of hydrogen-bond donors (Lipinski definition) is 1. The Morgan fingerprint density at radius 3 is 2.62 bits per heavy atom. The number of hydrogen-bond acceptors (Lipinski definition) is 3. The van der Waals surface area contributed by atoms with E-state index in [-0.39, 0.29) is 12.1 Å². The molecule has 0 unspecified atom stereocenters. The molecule has 21 heavy (non-hydrogen) atoms. The normalized spacial score (nSPS) is 11.9. The van der Waals surface area contributed by atoms with Crippen LogP contribution in [0.5, 0.6) is 0 Å². The van der Waals surface area contributed by atoms with Crippen LogP contribution < -0.4 is 5.32 Å². The van der Waals surface area contributed by atoms with E-state index < -0.39 is 17.6 Å². The smallest absolute Gasteiger partial charge is 0.312 e. The van der Waals surface area contributed by atoms with E-state index in [1.54, 1.807) is 11.3 Å². The zero-order valence-electron chi connectivity index (χ0n) is 11.3. The van der Waals surface area contributed by atoms with Gasteiger partial charge in [0.15, 0.2) is 0 Å². The Kier molecular flexibility index (Phi) is 4.95. The van der Waals surface area contributed by atoms with Gasteiger partial charge < -0.3 is 5.32 Å². The molecule has 0 fully saturated rings. The molecule has 0 bridgehead atoms. The molecular formula is C14H14F4N2S. The summed E-state index contributed by atoms with van der Waals surface area (Å²) >= 11 is 1.54. The third kappa shape index (κ3) is 4.78. The van der Waals surface area contributed by atoms with Gasteiger partial charge in [-0.1, -0.05) is 0 Å². The lowest BCUT2D eigenvalue weighted by Crippen LogP contribution is -2.17. The number of halogens is 4. The van der Waals surface area contributed by atoms with E-state index in [4.69, 9.17) is 0 Å². The molecule has 1 heterocycles. The van der Waals surface area contributed by atoms with Crippen molar-refractivity contribution in [2.24, 2.45) is 0 Å². The van der Waals surface area contributed by atoms with E-state index in [0.717, 1.165) is 22.8 Å². The Hall–Kier alpha value is -1.47. The maximum absolute atomic E-state index is 13.2. The monoisotopic (exact) mass is 318 g/mol. The molecule has 1 aromatic carbocycles. The maximum atomic E-state index is 13.2. The minimum Gasteiger partial charge on any atom is -0.312 e. The van der Waals surface area contributed by atoms with Crippen molar-refractivity contribution in [2.75, 3.05) is 6.54 Å². The highest BCUT2D eigenvalue weighted by molar-refractivity contribution is 7.09. The number of nitrogens with one attached hydrogen (secondary N) is 1. The van der Waals surface area contributed by atoms with Crippen LogP contribution in [0.4, 0.5) is 17.6 Å². The first-order chi connectivity index (χ1) is 9.84. The fourth-order valence-corrected chi connectivity index (χ4v) is 2.64. The maximum Gasteiger partial charge on any atom is 0.416 e. The van der Waals surface area contributed by atoms with Crippen molar-refractivity contribution < 1.29 is 17.6 Å². The van der Waals surface area contributed by atoms with Crippen LogP contribution in [0.2, 0.25) is 0 Å². The first-order valence-electron chi connectivity index (χ1n) is 6.33. The van der Waals surface area contributed by atoms with E-state index in [2.05, 4.69) is 10.3 Å². The highest BCUT2D eigenvalue weighted by Gasteiger charge is 2.31. The molecule has 0 aliphatic rings. The molecule has 1 aromatic heterocycles. The summed E-state index contributed by atoms with van der Waals surface area (Å²) in [5, 5.41) is 5.91. The van der Waals surface area contributed by atoms with Gasteiger partial charge in [-0.05, 0) is 30.7 Å². The first-order valence-corrected chi connectivity index (χ1v) is 7.21. The van der Waals surface area contributed by atoms with Gasteiger partial charge in [-0.3, -0.25) is 0 Å². The van der Waals surface area contributed by atoms with Gasteiger partial charge in [0.25, 0.3) is 0 Å². The van der Waals surface area contributed by atoms with Gasteiger partial charge in [-0.15, -0.1) is 11.3 Å². The van der Waals surface area contributed by atoms with Crippen molar-refractivity contribution in [3.63, 3.8) is 0 Å². The molecule has 0 radical (unpaired) electrons. The highest BCUT2D eigenvalue weighted by atomic mass is 32.1. The average molecular weight is 318 g/mol. The molecule has 0 spiro atoms. The Balaban J connectivity index is 1.89. The van der Waals surface area contributed by atoms with E-state index in [9.17, 15) is 17.6 Å². The lowest BCUT2D eigenvalue weighted by Gasteiger charge is -2.10. The molecule has 0 aliphatic carbocycles. The lowest BCUT2D eigenvalue weighted by atomic mass is 10.1. The number of thiazole rings is 1. The average Bonchev–Trinajstić information content (AvgIpc) is 2.79. The molecular weight excluding hydrogens is 304 g/mol. The Morgan fingerprint density at radius 1 is 1.24 bits per heavy atom. The molecule has 0 saturated heterocycles.